The molecule has 0 saturated heterocycles. The van der Waals surface area contributed by atoms with E-state index in [1.54, 1.807) is 11.3 Å². The summed E-state index contributed by atoms with van der Waals surface area (Å²) >= 11 is 1.64. The molecule has 1 atom stereocenters. The molecule has 0 aliphatic heterocycles. The van der Waals surface area contributed by atoms with Gasteiger partial charge < -0.3 is 5.73 Å². The third-order valence-corrected chi connectivity index (χ3v) is 4.11. The highest BCUT2D eigenvalue weighted by molar-refractivity contribution is 7.11. The zero-order valence-corrected chi connectivity index (χ0v) is 10.9. The zero-order valence-electron chi connectivity index (χ0n) is 10.1. The summed E-state index contributed by atoms with van der Waals surface area (Å²) in [5.41, 5.74) is 5.88. The molecular formula is C14H15F2NS. The number of halogens is 2. The number of rotatable bonds is 4. The Morgan fingerprint density at radius 1 is 1.11 bits per heavy atom. The van der Waals surface area contributed by atoms with Gasteiger partial charge in [0.25, 0.3) is 0 Å². The van der Waals surface area contributed by atoms with Crippen LogP contribution < -0.4 is 5.73 Å². The summed E-state index contributed by atoms with van der Waals surface area (Å²) < 4.78 is 27.1. The fourth-order valence-electron chi connectivity index (χ4n) is 1.91. The van der Waals surface area contributed by atoms with Crippen molar-refractivity contribution in [1.29, 1.82) is 0 Å². The number of hydrogen-bond acceptors (Lipinski definition) is 2. The van der Waals surface area contributed by atoms with E-state index in [-0.39, 0.29) is 5.56 Å². The van der Waals surface area contributed by atoms with Crippen LogP contribution in [0.4, 0.5) is 8.78 Å². The number of benzene rings is 1. The summed E-state index contributed by atoms with van der Waals surface area (Å²) in [5, 5.41) is 0. The van der Waals surface area contributed by atoms with Gasteiger partial charge in [-0.15, -0.1) is 11.3 Å². The molecule has 96 valence electrons. The highest BCUT2D eigenvalue weighted by Gasteiger charge is 2.17. The third kappa shape index (κ3) is 2.76. The molecule has 0 bridgehead atoms. The lowest BCUT2D eigenvalue weighted by molar-refractivity contribution is 0.525. The van der Waals surface area contributed by atoms with Gasteiger partial charge in [-0.2, -0.15) is 0 Å². The molecule has 1 heterocycles. The van der Waals surface area contributed by atoms with Crippen molar-refractivity contribution in [2.45, 2.75) is 25.8 Å². The Kier molecular flexibility index (Phi) is 4.09. The van der Waals surface area contributed by atoms with Gasteiger partial charge in [-0.25, -0.2) is 8.78 Å². The number of thiophene rings is 1. The summed E-state index contributed by atoms with van der Waals surface area (Å²) in [7, 11) is 0. The predicted molar refractivity (Wildman–Crippen MR) is 70.7 cm³/mol. The van der Waals surface area contributed by atoms with Crippen LogP contribution in [0.15, 0.2) is 30.3 Å². The van der Waals surface area contributed by atoms with Gasteiger partial charge in [-0.05, 0) is 30.7 Å². The van der Waals surface area contributed by atoms with E-state index in [1.165, 1.54) is 23.1 Å². The fraction of sp³-hybridized carbons (Fsp3) is 0.286. The Balaban J connectivity index is 2.19. The lowest BCUT2D eigenvalue weighted by atomic mass is 10.0. The number of nitrogens with two attached hydrogens (primary N) is 1. The molecule has 0 amide bonds. The van der Waals surface area contributed by atoms with E-state index in [0.29, 0.717) is 6.42 Å². The minimum atomic E-state index is -0.644. The van der Waals surface area contributed by atoms with Crippen LogP contribution in [0, 0.1) is 11.6 Å². The molecule has 1 aromatic carbocycles. The summed E-state index contributed by atoms with van der Waals surface area (Å²) in [4.78, 5) is 2.31. The third-order valence-electron chi connectivity index (χ3n) is 2.86. The van der Waals surface area contributed by atoms with Crippen LogP contribution in [0.3, 0.4) is 0 Å². The molecule has 0 radical (unpaired) electrons. The average Bonchev–Trinajstić information content (AvgIpc) is 2.76. The Labute approximate surface area is 109 Å². The Morgan fingerprint density at radius 2 is 1.72 bits per heavy atom. The van der Waals surface area contributed by atoms with E-state index in [1.807, 2.05) is 12.1 Å². The highest BCUT2D eigenvalue weighted by Crippen LogP contribution is 2.25. The first-order valence-corrected chi connectivity index (χ1v) is 6.70. The van der Waals surface area contributed by atoms with Gasteiger partial charge in [-0.3, -0.25) is 0 Å². The van der Waals surface area contributed by atoms with E-state index in [0.717, 1.165) is 11.3 Å². The van der Waals surface area contributed by atoms with Crippen LogP contribution in [-0.2, 0) is 12.8 Å². The van der Waals surface area contributed by atoms with Crippen LogP contribution >= 0.6 is 11.3 Å². The van der Waals surface area contributed by atoms with E-state index >= 15 is 0 Å². The Morgan fingerprint density at radius 3 is 2.28 bits per heavy atom. The second kappa shape index (κ2) is 5.59. The van der Waals surface area contributed by atoms with Crippen molar-refractivity contribution >= 4 is 11.3 Å². The van der Waals surface area contributed by atoms with Crippen molar-refractivity contribution in [2.24, 2.45) is 5.73 Å². The summed E-state index contributed by atoms with van der Waals surface area (Å²) in [6.45, 7) is 2.08. The van der Waals surface area contributed by atoms with E-state index < -0.39 is 17.7 Å². The molecule has 1 aromatic heterocycles. The van der Waals surface area contributed by atoms with Gasteiger partial charge in [0.05, 0.1) is 0 Å². The Hall–Kier alpha value is -1.26. The largest absolute Gasteiger partial charge is 0.323 e. The topological polar surface area (TPSA) is 26.0 Å². The summed E-state index contributed by atoms with van der Waals surface area (Å²) in [5.74, 6) is -1.15. The first-order valence-electron chi connectivity index (χ1n) is 5.89. The second-order valence-electron chi connectivity index (χ2n) is 4.17. The van der Waals surface area contributed by atoms with E-state index in [4.69, 9.17) is 5.73 Å². The standard InChI is InChI=1S/C14H15F2NS/c1-2-9-6-7-10(18-9)8-13(17)14-11(15)4-3-5-12(14)16/h3-7,13H,2,8,17H2,1H3. The zero-order chi connectivity index (χ0) is 13.1. The van der Waals surface area contributed by atoms with Crippen LogP contribution in [0.2, 0.25) is 0 Å². The number of aryl methyl sites for hydroxylation is 1. The first-order chi connectivity index (χ1) is 8.61. The van der Waals surface area contributed by atoms with Crippen molar-refractivity contribution in [2.75, 3.05) is 0 Å². The lowest BCUT2D eigenvalue weighted by Crippen LogP contribution is -2.16. The Bertz CT molecular complexity index is 516. The van der Waals surface area contributed by atoms with Crippen molar-refractivity contribution < 1.29 is 8.78 Å². The minimum Gasteiger partial charge on any atom is -0.323 e. The quantitative estimate of drug-likeness (QED) is 0.895. The molecule has 0 aliphatic carbocycles. The van der Waals surface area contributed by atoms with Gasteiger partial charge in [-0.1, -0.05) is 13.0 Å². The molecular weight excluding hydrogens is 252 g/mol. The van der Waals surface area contributed by atoms with Gasteiger partial charge in [0, 0.05) is 27.8 Å². The monoisotopic (exact) mass is 267 g/mol. The normalized spacial score (nSPS) is 12.7. The molecule has 0 fully saturated rings. The highest BCUT2D eigenvalue weighted by atomic mass is 32.1. The predicted octanol–water partition coefficient (Wildman–Crippen LogP) is 3.83. The maximum Gasteiger partial charge on any atom is 0.130 e. The molecule has 4 heteroatoms. The summed E-state index contributed by atoms with van der Waals surface area (Å²) in [6, 6.07) is 7.19. The number of hydrogen-bond donors (Lipinski definition) is 1. The van der Waals surface area contributed by atoms with Gasteiger partial charge in [0.2, 0.25) is 0 Å². The average molecular weight is 267 g/mol. The van der Waals surface area contributed by atoms with Crippen molar-refractivity contribution in [3.8, 4) is 0 Å². The molecule has 0 spiro atoms. The molecule has 2 rings (SSSR count). The van der Waals surface area contributed by atoms with Crippen LogP contribution in [0.5, 0.6) is 0 Å². The van der Waals surface area contributed by atoms with Crippen molar-refractivity contribution in [1.82, 2.24) is 0 Å². The van der Waals surface area contributed by atoms with E-state index in [9.17, 15) is 8.78 Å². The molecule has 0 saturated carbocycles. The maximum absolute atomic E-state index is 13.6. The summed E-state index contributed by atoms with van der Waals surface area (Å²) in [6.07, 6.45) is 1.43. The maximum atomic E-state index is 13.6. The first kappa shape index (κ1) is 13.2. The second-order valence-corrected chi connectivity index (χ2v) is 5.42. The van der Waals surface area contributed by atoms with Crippen molar-refractivity contribution in [3.05, 3.63) is 57.3 Å². The molecule has 1 unspecified atom stereocenters. The fourth-order valence-corrected chi connectivity index (χ4v) is 2.92. The van der Waals surface area contributed by atoms with Gasteiger partial charge in [0.15, 0.2) is 0 Å². The molecule has 1 nitrogen and oxygen atoms in total. The molecule has 2 N–H and O–H groups in total. The lowest BCUT2D eigenvalue weighted by Gasteiger charge is -2.12. The van der Waals surface area contributed by atoms with Crippen LogP contribution in [0.25, 0.3) is 0 Å². The van der Waals surface area contributed by atoms with Crippen LogP contribution in [-0.4, -0.2) is 0 Å². The van der Waals surface area contributed by atoms with E-state index in [2.05, 4.69) is 6.92 Å². The van der Waals surface area contributed by atoms with Crippen LogP contribution in [0.1, 0.15) is 28.3 Å². The smallest absolute Gasteiger partial charge is 0.130 e. The van der Waals surface area contributed by atoms with Gasteiger partial charge >= 0.3 is 0 Å². The van der Waals surface area contributed by atoms with Crippen molar-refractivity contribution in [3.63, 3.8) is 0 Å². The minimum absolute atomic E-state index is 0.0241. The molecule has 0 aliphatic rings. The SMILES string of the molecule is CCc1ccc(CC(N)c2c(F)cccc2F)s1. The molecule has 18 heavy (non-hydrogen) atoms. The van der Waals surface area contributed by atoms with Gasteiger partial charge in [0.1, 0.15) is 11.6 Å². The molecule has 2 aromatic rings.